The summed E-state index contributed by atoms with van der Waals surface area (Å²) in [6.45, 7) is 6.08. The predicted octanol–water partition coefficient (Wildman–Crippen LogP) is 3.07. The molecule has 0 bridgehead atoms. The largest absolute Gasteiger partial charge is 0.461 e. The number of aliphatic hydroxyl groups excluding tert-OH is 1. The van der Waals surface area contributed by atoms with Crippen LogP contribution in [0.3, 0.4) is 0 Å². The molecule has 0 saturated carbocycles. The van der Waals surface area contributed by atoms with E-state index < -0.39 is 6.10 Å². The molecule has 0 aliphatic heterocycles. The first-order chi connectivity index (χ1) is 8.47. The summed E-state index contributed by atoms with van der Waals surface area (Å²) in [6.07, 6.45) is 3.94. The van der Waals surface area contributed by atoms with Gasteiger partial charge < -0.3 is 9.52 Å². The molecule has 1 N–H and O–H groups in total. The molecule has 0 aromatic carbocycles. The summed E-state index contributed by atoms with van der Waals surface area (Å²) in [4.78, 5) is 0. The van der Waals surface area contributed by atoms with Gasteiger partial charge in [0.15, 0.2) is 0 Å². The van der Waals surface area contributed by atoms with E-state index in [1.165, 1.54) is 0 Å². The van der Waals surface area contributed by atoms with Crippen molar-refractivity contribution in [3.8, 4) is 11.3 Å². The molecule has 2 heterocycles. The second-order valence-electron chi connectivity index (χ2n) is 5.17. The number of hydrogen-bond acceptors (Lipinski definition) is 3. The van der Waals surface area contributed by atoms with E-state index in [0.717, 1.165) is 29.1 Å². The zero-order chi connectivity index (χ0) is 13.3. The fourth-order valence-corrected chi connectivity index (χ4v) is 2.09. The molecule has 0 amide bonds. The Morgan fingerprint density at radius 2 is 2.17 bits per heavy atom. The smallest absolute Gasteiger partial charge is 0.137 e. The third-order valence-corrected chi connectivity index (χ3v) is 3.00. The highest BCUT2D eigenvalue weighted by atomic mass is 16.3. The van der Waals surface area contributed by atoms with Crippen LogP contribution in [0, 0.1) is 12.8 Å². The van der Waals surface area contributed by atoms with Gasteiger partial charge in [-0.05, 0) is 25.3 Å². The Morgan fingerprint density at radius 3 is 2.72 bits per heavy atom. The minimum absolute atomic E-state index is 0.455. The molecule has 0 fully saturated rings. The fraction of sp³-hybridized carbons (Fsp3) is 0.500. The lowest BCUT2D eigenvalue weighted by Gasteiger charge is -2.11. The Morgan fingerprint density at radius 1 is 1.44 bits per heavy atom. The minimum Gasteiger partial charge on any atom is -0.461 e. The van der Waals surface area contributed by atoms with Gasteiger partial charge in [0.05, 0.1) is 17.9 Å². The molecule has 98 valence electrons. The summed E-state index contributed by atoms with van der Waals surface area (Å²) < 4.78 is 7.44. The third-order valence-electron chi connectivity index (χ3n) is 3.00. The molecular formula is C14H20N2O2. The first-order valence-corrected chi connectivity index (χ1v) is 6.24. The maximum atomic E-state index is 10.2. The summed E-state index contributed by atoms with van der Waals surface area (Å²) in [5.74, 6) is 2.00. The summed E-state index contributed by atoms with van der Waals surface area (Å²) in [5.41, 5.74) is 1.81. The monoisotopic (exact) mass is 248 g/mol. The van der Waals surface area contributed by atoms with Crippen molar-refractivity contribution in [2.75, 3.05) is 0 Å². The molecule has 2 aromatic heterocycles. The average molecular weight is 248 g/mol. The van der Waals surface area contributed by atoms with Crippen LogP contribution in [0.5, 0.6) is 0 Å². The molecule has 1 atom stereocenters. The van der Waals surface area contributed by atoms with Crippen molar-refractivity contribution in [1.82, 2.24) is 9.78 Å². The summed E-state index contributed by atoms with van der Waals surface area (Å²) >= 11 is 0. The number of nitrogens with zero attached hydrogens (tertiary/aromatic N) is 2. The van der Waals surface area contributed by atoms with Gasteiger partial charge >= 0.3 is 0 Å². The van der Waals surface area contributed by atoms with Crippen molar-refractivity contribution in [3.05, 3.63) is 29.8 Å². The van der Waals surface area contributed by atoms with Gasteiger partial charge in [-0.25, -0.2) is 0 Å². The van der Waals surface area contributed by atoms with E-state index in [9.17, 15) is 5.11 Å². The molecule has 4 nitrogen and oxygen atoms in total. The lowest BCUT2D eigenvalue weighted by Crippen LogP contribution is -2.01. The molecule has 0 spiro atoms. The SMILES string of the molecule is Cc1oc(-c2cnn(C)c2)cc1C(O)CC(C)C. The van der Waals surface area contributed by atoms with Crippen molar-refractivity contribution >= 4 is 0 Å². The zero-order valence-electron chi connectivity index (χ0n) is 11.3. The number of aryl methyl sites for hydroxylation is 2. The third kappa shape index (κ3) is 2.64. The zero-order valence-corrected chi connectivity index (χ0v) is 11.3. The highest BCUT2D eigenvalue weighted by molar-refractivity contribution is 5.57. The van der Waals surface area contributed by atoms with Crippen LogP contribution in [0.2, 0.25) is 0 Å². The van der Waals surface area contributed by atoms with Gasteiger partial charge in [0.25, 0.3) is 0 Å². The van der Waals surface area contributed by atoms with Crippen LogP contribution in [-0.4, -0.2) is 14.9 Å². The average Bonchev–Trinajstić information content (AvgIpc) is 2.83. The first kappa shape index (κ1) is 12.9. The Kier molecular flexibility index (Phi) is 3.57. The number of aromatic nitrogens is 2. The van der Waals surface area contributed by atoms with Gasteiger partial charge in [0.1, 0.15) is 11.5 Å². The lowest BCUT2D eigenvalue weighted by atomic mass is 10.00. The molecule has 2 aromatic rings. The van der Waals surface area contributed by atoms with Crippen LogP contribution in [0.15, 0.2) is 22.9 Å². The van der Waals surface area contributed by atoms with Crippen molar-refractivity contribution in [3.63, 3.8) is 0 Å². The summed E-state index contributed by atoms with van der Waals surface area (Å²) in [6, 6.07) is 1.92. The van der Waals surface area contributed by atoms with Crippen LogP contribution in [0.1, 0.15) is 37.7 Å². The molecular weight excluding hydrogens is 228 g/mol. The molecule has 18 heavy (non-hydrogen) atoms. The van der Waals surface area contributed by atoms with Crippen LogP contribution in [-0.2, 0) is 7.05 Å². The highest BCUT2D eigenvalue weighted by Gasteiger charge is 2.18. The molecule has 4 heteroatoms. The van der Waals surface area contributed by atoms with Gasteiger partial charge in [-0.2, -0.15) is 5.10 Å². The predicted molar refractivity (Wildman–Crippen MR) is 70.1 cm³/mol. The van der Waals surface area contributed by atoms with Gasteiger partial charge in [-0.3, -0.25) is 4.68 Å². The molecule has 0 radical (unpaired) electrons. The number of furan rings is 1. The van der Waals surface area contributed by atoms with Crippen LogP contribution >= 0.6 is 0 Å². The molecule has 0 saturated heterocycles. The van der Waals surface area contributed by atoms with E-state index in [4.69, 9.17) is 4.42 Å². The van der Waals surface area contributed by atoms with Crippen LogP contribution in [0.25, 0.3) is 11.3 Å². The maximum absolute atomic E-state index is 10.2. The Labute approximate surface area is 107 Å². The highest BCUT2D eigenvalue weighted by Crippen LogP contribution is 2.31. The normalized spacial score (nSPS) is 13.2. The van der Waals surface area contributed by atoms with Crippen molar-refractivity contribution < 1.29 is 9.52 Å². The Bertz CT molecular complexity index is 526. The van der Waals surface area contributed by atoms with Gasteiger partial charge in [0, 0.05) is 18.8 Å². The van der Waals surface area contributed by atoms with Crippen LogP contribution < -0.4 is 0 Å². The minimum atomic E-state index is -0.459. The second kappa shape index (κ2) is 4.98. The number of aliphatic hydroxyl groups is 1. The number of hydrogen-bond donors (Lipinski definition) is 1. The van der Waals surface area contributed by atoms with E-state index >= 15 is 0 Å². The van der Waals surface area contributed by atoms with E-state index in [1.54, 1.807) is 10.9 Å². The van der Waals surface area contributed by atoms with Gasteiger partial charge in [-0.1, -0.05) is 13.8 Å². The van der Waals surface area contributed by atoms with E-state index in [2.05, 4.69) is 18.9 Å². The lowest BCUT2D eigenvalue weighted by molar-refractivity contribution is 0.149. The molecule has 1 unspecified atom stereocenters. The van der Waals surface area contributed by atoms with E-state index in [-0.39, 0.29) is 0 Å². The second-order valence-corrected chi connectivity index (χ2v) is 5.17. The van der Waals surface area contributed by atoms with Crippen molar-refractivity contribution in [1.29, 1.82) is 0 Å². The van der Waals surface area contributed by atoms with Gasteiger partial charge in [0.2, 0.25) is 0 Å². The molecule has 0 aliphatic rings. The standard InChI is InChI=1S/C14H20N2O2/c1-9(2)5-13(17)12-6-14(18-10(12)3)11-7-15-16(4)8-11/h6-9,13,17H,5H2,1-4H3. The van der Waals surface area contributed by atoms with E-state index in [0.29, 0.717) is 5.92 Å². The first-order valence-electron chi connectivity index (χ1n) is 6.24. The van der Waals surface area contributed by atoms with Crippen molar-refractivity contribution in [2.45, 2.75) is 33.3 Å². The van der Waals surface area contributed by atoms with Crippen molar-refractivity contribution in [2.24, 2.45) is 13.0 Å². The molecule has 0 aliphatic carbocycles. The Balaban J connectivity index is 2.26. The van der Waals surface area contributed by atoms with Gasteiger partial charge in [-0.15, -0.1) is 0 Å². The summed E-state index contributed by atoms with van der Waals surface area (Å²) in [7, 11) is 1.87. The van der Waals surface area contributed by atoms with Crippen LogP contribution in [0.4, 0.5) is 0 Å². The topological polar surface area (TPSA) is 51.2 Å². The number of rotatable bonds is 4. The quantitative estimate of drug-likeness (QED) is 0.904. The Hall–Kier alpha value is -1.55. The fourth-order valence-electron chi connectivity index (χ4n) is 2.09. The summed E-state index contributed by atoms with van der Waals surface area (Å²) in [5, 5.41) is 14.3. The molecule has 2 rings (SSSR count). The maximum Gasteiger partial charge on any atom is 0.137 e. The van der Waals surface area contributed by atoms with E-state index in [1.807, 2.05) is 26.2 Å².